The minimum Gasteiger partial charge on any atom is -0.393 e. The lowest BCUT2D eigenvalue weighted by Gasteiger charge is -2.31. The summed E-state index contributed by atoms with van der Waals surface area (Å²) in [6.07, 6.45) is 5.11. The number of aromatic nitrogens is 3. The first-order valence-electron chi connectivity index (χ1n) is 6.62. The molecule has 7 heteroatoms. The van der Waals surface area contributed by atoms with Crippen molar-refractivity contribution in [2.45, 2.75) is 31.8 Å². The van der Waals surface area contributed by atoms with Gasteiger partial charge >= 0.3 is 6.03 Å². The lowest BCUT2D eigenvalue weighted by atomic mass is 9.86. The van der Waals surface area contributed by atoms with Gasteiger partial charge in [0.2, 0.25) is 5.95 Å². The first-order chi connectivity index (χ1) is 9.08. The molecule has 1 fully saturated rings. The number of aliphatic hydroxyl groups excluding tert-OH is 1. The summed E-state index contributed by atoms with van der Waals surface area (Å²) >= 11 is 0. The van der Waals surface area contributed by atoms with Crippen LogP contribution in [0.5, 0.6) is 0 Å². The Balaban J connectivity index is 1.87. The molecule has 1 heterocycles. The summed E-state index contributed by atoms with van der Waals surface area (Å²) in [6.45, 7) is 0.560. The summed E-state index contributed by atoms with van der Waals surface area (Å²) in [5, 5.41) is 16.5. The van der Waals surface area contributed by atoms with E-state index in [1.54, 1.807) is 19.0 Å². The van der Waals surface area contributed by atoms with Gasteiger partial charge in [-0.05, 0) is 12.8 Å². The monoisotopic (exact) mass is 267 g/mol. The van der Waals surface area contributed by atoms with Crippen molar-refractivity contribution >= 4 is 12.0 Å². The number of carbonyl (C=O) groups excluding carboxylic acids is 1. The van der Waals surface area contributed by atoms with Gasteiger partial charge in [0.15, 0.2) is 0 Å². The SMILES string of the molecule is CN(C[C@H]1CCCC[C@H]1O)C(=O)Nc1ncnn1C. The Morgan fingerprint density at radius 3 is 2.95 bits per heavy atom. The molecule has 0 aromatic carbocycles. The molecule has 1 aromatic heterocycles. The Kier molecular flexibility index (Phi) is 4.36. The summed E-state index contributed by atoms with van der Waals surface area (Å²) in [5.41, 5.74) is 0. The van der Waals surface area contributed by atoms with E-state index in [-0.39, 0.29) is 18.1 Å². The molecule has 1 aliphatic rings. The van der Waals surface area contributed by atoms with Crippen molar-refractivity contribution in [1.82, 2.24) is 19.7 Å². The number of aliphatic hydroxyl groups is 1. The van der Waals surface area contributed by atoms with Crippen LogP contribution in [0.2, 0.25) is 0 Å². The highest BCUT2D eigenvalue weighted by Gasteiger charge is 2.25. The van der Waals surface area contributed by atoms with E-state index in [1.807, 2.05) is 0 Å². The highest BCUT2D eigenvalue weighted by atomic mass is 16.3. The zero-order chi connectivity index (χ0) is 13.8. The quantitative estimate of drug-likeness (QED) is 0.849. The molecule has 1 aliphatic carbocycles. The molecule has 2 amide bonds. The Labute approximate surface area is 112 Å². The molecule has 0 bridgehead atoms. The lowest BCUT2D eigenvalue weighted by molar-refractivity contribution is 0.0575. The lowest BCUT2D eigenvalue weighted by Crippen LogP contribution is -2.40. The molecule has 7 nitrogen and oxygen atoms in total. The third-order valence-electron chi connectivity index (χ3n) is 3.65. The number of urea groups is 1. The maximum atomic E-state index is 12.0. The zero-order valence-electron chi connectivity index (χ0n) is 11.4. The molecular weight excluding hydrogens is 246 g/mol. The molecule has 2 rings (SSSR count). The molecule has 19 heavy (non-hydrogen) atoms. The van der Waals surface area contributed by atoms with Gasteiger partial charge in [-0.1, -0.05) is 12.8 Å². The Morgan fingerprint density at radius 1 is 1.58 bits per heavy atom. The summed E-state index contributed by atoms with van der Waals surface area (Å²) < 4.78 is 1.50. The number of hydrogen-bond donors (Lipinski definition) is 2. The third-order valence-corrected chi connectivity index (χ3v) is 3.65. The van der Waals surface area contributed by atoms with Gasteiger partial charge in [-0.15, -0.1) is 0 Å². The third kappa shape index (κ3) is 3.44. The average Bonchev–Trinajstić information content (AvgIpc) is 2.78. The van der Waals surface area contributed by atoms with Crippen LogP contribution < -0.4 is 5.32 Å². The number of carbonyl (C=O) groups is 1. The molecule has 1 saturated carbocycles. The average molecular weight is 267 g/mol. The van der Waals surface area contributed by atoms with Crippen molar-refractivity contribution < 1.29 is 9.90 Å². The molecule has 2 atom stereocenters. The maximum absolute atomic E-state index is 12.0. The number of amides is 2. The molecule has 0 unspecified atom stereocenters. The summed E-state index contributed by atoms with van der Waals surface area (Å²) in [5.74, 6) is 0.588. The molecule has 106 valence electrons. The normalized spacial score (nSPS) is 23.1. The predicted molar refractivity (Wildman–Crippen MR) is 70.6 cm³/mol. The van der Waals surface area contributed by atoms with Gasteiger partial charge in [0.1, 0.15) is 6.33 Å². The van der Waals surface area contributed by atoms with Crippen LogP contribution in [0.1, 0.15) is 25.7 Å². The molecular formula is C12H21N5O2. The predicted octanol–water partition coefficient (Wildman–Crippen LogP) is 0.830. The number of hydrogen-bond acceptors (Lipinski definition) is 4. The van der Waals surface area contributed by atoms with Crippen molar-refractivity contribution in [1.29, 1.82) is 0 Å². The molecule has 0 saturated heterocycles. The van der Waals surface area contributed by atoms with Crippen LogP contribution in [-0.2, 0) is 7.05 Å². The van der Waals surface area contributed by atoms with Gasteiger partial charge in [0.25, 0.3) is 0 Å². The van der Waals surface area contributed by atoms with Crippen molar-refractivity contribution in [3.05, 3.63) is 6.33 Å². The highest BCUT2D eigenvalue weighted by molar-refractivity contribution is 5.87. The van der Waals surface area contributed by atoms with Gasteiger partial charge in [0.05, 0.1) is 6.10 Å². The van der Waals surface area contributed by atoms with Crippen molar-refractivity contribution in [3.63, 3.8) is 0 Å². The molecule has 0 aliphatic heterocycles. The Hall–Kier alpha value is -1.63. The summed E-state index contributed by atoms with van der Waals surface area (Å²) in [7, 11) is 3.44. The van der Waals surface area contributed by atoms with E-state index in [2.05, 4.69) is 15.4 Å². The van der Waals surface area contributed by atoms with Crippen molar-refractivity contribution in [2.75, 3.05) is 18.9 Å². The van der Waals surface area contributed by atoms with E-state index < -0.39 is 0 Å². The van der Waals surface area contributed by atoms with E-state index in [9.17, 15) is 9.90 Å². The number of nitrogens with zero attached hydrogens (tertiary/aromatic N) is 4. The Bertz CT molecular complexity index is 434. The smallest absolute Gasteiger partial charge is 0.323 e. The van der Waals surface area contributed by atoms with E-state index in [1.165, 1.54) is 11.0 Å². The molecule has 0 spiro atoms. The van der Waals surface area contributed by atoms with Gasteiger partial charge in [0, 0.05) is 26.6 Å². The van der Waals surface area contributed by atoms with E-state index in [4.69, 9.17) is 0 Å². The number of nitrogens with one attached hydrogen (secondary N) is 1. The summed E-state index contributed by atoms with van der Waals surface area (Å²) in [6, 6.07) is -0.228. The Morgan fingerprint density at radius 2 is 2.32 bits per heavy atom. The van der Waals surface area contributed by atoms with Crippen LogP contribution in [-0.4, -0.2) is 50.5 Å². The van der Waals surface area contributed by atoms with Gasteiger partial charge in [-0.25, -0.2) is 9.48 Å². The van der Waals surface area contributed by atoms with Gasteiger partial charge in [-0.3, -0.25) is 5.32 Å². The van der Waals surface area contributed by atoms with Crippen LogP contribution in [0.3, 0.4) is 0 Å². The molecule has 1 aromatic rings. The van der Waals surface area contributed by atoms with Crippen molar-refractivity contribution in [2.24, 2.45) is 13.0 Å². The fourth-order valence-electron chi connectivity index (χ4n) is 2.44. The van der Waals surface area contributed by atoms with E-state index in [0.717, 1.165) is 25.7 Å². The van der Waals surface area contributed by atoms with Crippen LogP contribution in [0.25, 0.3) is 0 Å². The fraction of sp³-hybridized carbons (Fsp3) is 0.750. The number of rotatable bonds is 3. The van der Waals surface area contributed by atoms with E-state index in [0.29, 0.717) is 12.5 Å². The summed E-state index contributed by atoms with van der Waals surface area (Å²) in [4.78, 5) is 17.5. The van der Waals surface area contributed by atoms with Gasteiger partial charge < -0.3 is 10.0 Å². The van der Waals surface area contributed by atoms with Gasteiger partial charge in [-0.2, -0.15) is 10.1 Å². The number of anilines is 1. The maximum Gasteiger partial charge on any atom is 0.323 e. The standard InChI is InChI=1S/C12H21N5O2/c1-16(7-9-5-3-4-6-10(9)18)12(19)15-11-13-8-14-17(11)2/h8-10,18H,3-7H2,1-2H3,(H,13,14,15,19)/t9-,10-/m1/s1. The van der Waals surface area contributed by atoms with E-state index >= 15 is 0 Å². The van der Waals surface area contributed by atoms with Crippen LogP contribution in [0.15, 0.2) is 6.33 Å². The second-order valence-electron chi connectivity index (χ2n) is 5.13. The van der Waals surface area contributed by atoms with Crippen molar-refractivity contribution in [3.8, 4) is 0 Å². The van der Waals surface area contributed by atoms with Crippen LogP contribution in [0.4, 0.5) is 10.7 Å². The fourth-order valence-corrected chi connectivity index (χ4v) is 2.44. The highest BCUT2D eigenvalue weighted by Crippen LogP contribution is 2.24. The minimum absolute atomic E-state index is 0.170. The molecule has 2 N–H and O–H groups in total. The largest absolute Gasteiger partial charge is 0.393 e. The molecule has 0 radical (unpaired) electrons. The second kappa shape index (κ2) is 6.01. The zero-order valence-corrected chi connectivity index (χ0v) is 11.4. The second-order valence-corrected chi connectivity index (χ2v) is 5.13. The first-order valence-corrected chi connectivity index (χ1v) is 6.62. The van der Waals surface area contributed by atoms with Crippen LogP contribution >= 0.6 is 0 Å². The van der Waals surface area contributed by atoms with Crippen LogP contribution in [0, 0.1) is 5.92 Å². The number of aryl methyl sites for hydroxylation is 1. The first kappa shape index (κ1) is 13.8. The minimum atomic E-state index is -0.293. The topological polar surface area (TPSA) is 83.3 Å².